The number of hydrogen-bond donors (Lipinski definition) is 2. The van der Waals surface area contributed by atoms with Gasteiger partial charge in [0.25, 0.3) is 0 Å². The molecule has 1 aliphatic carbocycles. The molecule has 2 N–H and O–H groups in total. The number of methoxy groups -OCH3 is 2. The summed E-state index contributed by atoms with van der Waals surface area (Å²) in [5, 5.41) is 13.4. The second-order valence-electron chi connectivity index (χ2n) is 6.36. The van der Waals surface area contributed by atoms with Gasteiger partial charge in [-0.15, -0.1) is 11.8 Å². The first kappa shape index (κ1) is 13.5. The van der Waals surface area contributed by atoms with E-state index in [1.54, 1.807) is 18.4 Å². The molecule has 7 heteroatoms. The number of thioether (sulfide) groups is 1. The van der Waals surface area contributed by atoms with Crippen LogP contribution in [0.1, 0.15) is 38.7 Å². The van der Waals surface area contributed by atoms with Gasteiger partial charge in [0, 0.05) is 12.5 Å². The van der Waals surface area contributed by atoms with Gasteiger partial charge in [-0.25, -0.2) is 0 Å². The molecule has 2 aromatic rings. The van der Waals surface area contributed by atoms with Crippen molar-refractivity contribution < 1.29 is 27.6 Å². The van der Waals surface area contributed by atoms with Crippen LogP contribution in [0.25, 0.3) is 11.1 Å². The molecule has 0 saturated heterocycles. The number of carbonyl (C=O) groups excluding carboxylic acids is 1. The molecule has 0 heterocycles. The summed E-state index contributed by atoms with van der Waals surface area (Å²) in [5.41, 5.74) is 1.05. The Morgan fingerprint density at radius 1 is 1.29 bits per heavy atom. The standard InChI is InChI=1S/C21H23NO5S/c1-11(23)22-15-7-5-12-9-17(25)20(26-2)21(27-3)19(12)13-6-8-18(28-4)16(24)10-14(13)15/h6,8-10,15,25H,5,7H2,1-4H3,(H,22,23)/t15-/m0/s1/i2+1D3,3+1D3. The Morgan fingerprint density at radius 2 is 2.04 bits per heavy atom. The van der Waals surface area contributed by atoms with Crippen LogP contribution in [-0.2, 0) is 11.2 Å². The zero-order valence-corrected chi connectivity index (χ0v) is 16.1. The van der Waals surface area contributed by atoms with Crippen LogP contribution < -0.4 is 20.2 Å². The van der Waals surface area contributed by atoms with Crippen LogP contribution in [-0.4, -0.2) is 31.3 Å². The number of amides is 1. The predicted molar refractivity (Wildman–Crippen MR) is 110 cm³/mol. The Kier molecular flexibility index (Phi) is 3.92. The molecule has 0 bridgehead atoms. The maximum atomic E-state index is 12.8. The first-order valence-electron chi connectivity index (χ1n) is 11.5. The molecule has 0 aromatic heterocycles. The third kappa shape index (κ3) is 3.54. The van der Waals surface area contributed by atoms with E-state index in [4.69, 9.17) is 17.7 Å². The van der Waals surface area contributed by atoms with E-state index in [1.807, 2.05) is 0 Å². The van der Waals surface area contributed by atoms with E-state index in [0.29, 0.717) is 28.0 Å². The monoisotopic (exact) mass is 409 g/mol. The fraction of sp³-hybridized carbons (Fsp3) is 0.333. The van der Waals surface area contributed by atoms with Crippen molar-refractivity contribution in [3.05, 3.63) is 45.6 Å². The van der Waals surface area contributed by atoms with Gasteiger partial charge in [0.15, 0.2) is 16.9 Å². The van der Waals surface area contributed by atoms with Crippen molar-refractivity contribution in [1.82, 2.24) is 5.32 Å². The molecule has 0 saturated carbocycles. The van der Waals surface area contributed by atoms with E-state index in [1.165, 1.54) is 30.8 Å². The molecule has 3 rings (SSSR count). The van der Waals surface area contributed by atoms with Gasteiger partial charge >= 0.3 is 0 Å². The molecule has 0 aliphatic heterocycles. The van der Waals surface area contributed by atoms with Gasteiger partial charge in [-0.1, -0.05) is 6.07 Å². The minimum absolute atomic E-state index is 0.165. The number of phenolic OH excluding ortho intramolecular Hbond substituents is 1. The molecule has 0 spiro atoms. The van der Waals surface area contributed by atoms with Crippen molar-refractivity contribution in [3.8, 4) is 28.4 Å². The van der Waals surface area contributed by atoms with E-state index >= 15 is 0 Å². The summed E-state index contributed by atoms with van der Waals surface area (Å²) in [4.78, 5) is 25.1. The SMILES string of the molecule is [2H][13C]([2H])([2H])Oc1c(O)cc2c(c1O[13C]([2H])([2H])[2H])-c1ccc(SC)c(=O)cc1[C@@H](NC(C)=O)CC2. The van der Waals surface area contributed by atoms with Crippen molar-refractivity contribution in [3.63, 3.8) is 0 Å². The van der Waals surface area contributed by atoms with E-state index in [0.717, 1.165) is 0 Å². The number of fused-ring (bicyclic) bond motifs is 3. The summed E-state index contributed by atoms with van der Waals surface area (Å²) in [7, 11) is -6.02. The predicted octanol–water partition coefficient (Wildman–Crippen LogP) is 3.28. The molecule has 148 valence electrons. The first-order valence-corrected chi connectivity index (χ1v) is 9.69. The highest BCUT2D eigenvalue weighted by atomic mass is 32.2. The van der Waals surface area contributed by atoms with Crippen LogP contribution in [0.15, 0.2) is 34.0 Å². The number of hydrogen-bond acceptors (Lipinski definition) is 6. The van der Waals surface area contributed by atoms with Crippen molar-refractivity contribution in [2.24, 2.45) is 0 Å². The zero-order chi connectivity index (χ0) is 25.4. The summed E-state index contributed by atoms with van der Waals surface area (Å²) in [6.45, 7) is 1.34. The second-order valence-corrected chi connectivity index (χ2v) is 7.21. The Bertz CT molecular complexity index is 1180. The Balaban J connectivity index is 2.45. The summed E-state index contributed by atoms with van der Waals surface area (Å²) in [6, 6.07) is 5.19. The third-order valence-corrected chi connectivity index (χ3v) is 5.47. The maximum Gasteiger partial charge on any atom is 0.217 e. The van der Waals surface area contributed by atoms with Crippen LogP contribution >= 0.6 is 11.8 Å². The highest BCUT2D eigenvalue weighted by molar-refractivity contribution is 7.98. The van der Waals surface area contributed by atoms with Gasteiger partial charge in [-0.2, -0.15) is 0 Å². The minimum Gasteiger partial charge on any atom is -0.504 e. The van der Waals surface area contributed by atoms with Crippen molar-refractivity contribution >= 4 is 17.7 Å². The van der Waals surface area contributed by atoms with Gasteiger partial charge in [-0.3, -0.25) is 9.59 Å². The molecular formula is C21H23NO5S. The smallest absolute Gasteiger partial charge is 0.217 e. The number of benzene rings is 1. The van der Waals surface area contributed by atoms with Crippen LogP contribution in [0.2, 0.25) is 0 Å². The third-order valence-electron chi connectivity index (χ3n) is 4.69. The Morgan fingerprint density at radius 3 is 2.71 bits per heavy atom. The largest absolute Gasteiger partial charge is 0.504 e. The lowest BCUT2D eigenvalue weighted by Crippen LogP contribution is -2.26. The average molecular weight is 410 g/mol. The molecular weight excluding hydrogens is 380 g/mol. The number of ether oxygens (including phenoxy) is 2. The number of aryl methyl sites for hydroxylation is 1. The fourth-order valence-corrected chi connectivity index (χ4v) is 3.99. The molecule has 1 amide bonds. The summed E-state index contributed by atoms with van der Waals surface area (Å²) in [6.07, 6.45) is 2.30. The van der Waals surface area contributed by atoms with Gasteiger partial charge < -0.3 is 19.9 Å². The number of carbonyl (C=O) groups is 1. The zero-order valence-electron chi connectivity index (χ0n) is 21.3. The molecule has 1 aliphatic rings. The van der Waals surface area contributed by atoms with Gasteiger partial charge in [0.2, 0.25) is 11.7 Å². The number of phenols is 1. The summed E-state index contributed by atoms with van der Waals surface area (Å²) in [5.74, 6) is -2.08. The molecule has 0 fully saturated rings. The van der Waals surface area contributed by atoms with E-state index in [9.17, 15) is 14.7 Å². The van der Waals surface area contributed by atoms with Crippen molar-refractivity contribution in [1.29, 1.82) is 0 Å². The van der Waals surface area contributed by atoms with Crippen molar-refractivity contribution in [2.45, 2.75) is 30.7 Å². The quantitative estimate of drug-likeness (QED) is 0.596. The van der Waals surface area contributed by atoms with Gasteiger partial charge in [0.1, 0.15) is 0 Å². The molecule has 0 unspecified atom stereocenters. The lowest BCUT2D eigenvalue weighted by Gasteiger charge is -2.18. The molecule has 6 nitrogen and oxygen atoms in total. The number of aromatic hydroxyl groups is 1. The first-order chi connectivity index (χ1) is 15.7. The average Bonchev–Trinajstić information content (AvgIpc) is 2.92. The topological polar surface area (TPSA) is 84.9 Å². The maximum absolute atomic E-state index is 12.8. The summed E-state index contributed by atoms with van der Waals surface area (Å²) >= 11 is 1.22. The van der Waals surface area contributed by atoms with E-state index in [-0.39, 0.29) is 23.3 Å². The van der Waals surface area contributed by atoms with Gasteiger partial charge in [-0.05, 0) is 54.0 Å². The van der Waals surface area contributed by atoms with Crippen LogP contribution in [0, 0.1) is 0 Å². The van der Waals surface area contributed by atoms with Gasteiger partial charge in [0.05, 0.1) is 33.2 Å². The van der Waals surface area contributed by atoms with Crippen LogP contribution in [0.5, 0.6) is 17.2 Å². The second kappa shape index (κ2) is 8.14. The Labute approximate surface area is 176 Å². The highest BCUT2D eigenvalue weighted by Crippen LogP contribution is 2.49. The molecule has 2 aromatic carbocycles. The Hall–Kier alpha value is -2.67. The van der Waals surface area contributed by atoms with E-state index in [2.05, 4.69) is 5.32 Å². The normalized spacial score (nSPS) is 19.1. The van der Waals surface area contributed by atoms with Crippen LogP contribution in [0.3, 0.4) is 0 Å². The van der Waals surface area contributed by atoms with Crippen molar-refractivity contribution in [2.75, 3.05) is 20.3 Å². The highest BCUT2D eigenvalue weighted by Gasteiger charge is 2.28. The number of rotatable bonds is 4. The summed E-state index contributed by atoms with van der Waals surface area (Å²) < 4.78 is 55.4. The van der Waals surface area contributed by atoms with Crippen LogP contribution in [0.4, 0.5) is 0 Å². The number of nitrogens with one attached hydrogen (secondary N) is 1. The van der Waals surface area contributed by atoms with E-state index < -0.39 is 37.4 Å². The molecule has 1 atom stereocenters. The lowest BCUT2D eigenvalue weighted by molar-refractivity contribution is -0.119. The molecule has 0 radical (unpaired) electrons. The minimum atomic E-state index is -3.01. The lowest BCUT2D eigenvalue weighted by atomic mass is 9.95. The molecule has 28 heavy (non-hydrogen) atoms. The fourth-order valence-electron chi connectivity index (χ4n) is 3.53.